The maximum atomic E-state index is 12.6. The Morgan fingerprint density at radius 2 is 1.68 bits per heavy atom. The van der Waals surface area contributed by atoms with Crippen LogP contribution in [0.2, 0.25) is 0 Å². The van der Waals surface area contributed by atoms with Gasteiger partial charge in [-0.05, 0) is 35.1 Å². The van der Waals surface area contributed by atoms with Crippen LogP contribution in [0.15, 0.2) is 61.2 Å². The molecular formula is C27H32N2O5. The van der Waals surface area contributed by atoms with E-state index in [4.69, 9.17) is 4.74 Å². The van der Waals surface area contributed by atoms with Crippen LogP contribution in [-0.4, -0.2) is 41.8 Å². The van der Waals surface area contributed by atoms with Crippen molar-refractivity contribution in [2.75, 3.05) is 6.61 Å². The molecule has 0 saturated heterocycles. The Morgan fingerprint density at radius 1 is 1.06 bits per heavy atom. The lowest BCUT2D eigenvalue weighted by Crippen LogP contribution is -2.44. The van der Waals surface area contributed by atoms with E-state index in [1.165, 1.54) is 6.08 Å². The molecule has 1 aliphatic rings. The van der Waals surface area contributed by atoms with Gasteiger partial charge in [-0.2, -0.15) is 0 Å². The van der Waals surface area contributed by atoms with E-state index in [0.717, 1.165) is 35.1 Å². The summed E-state index contributed by atoms with van der Waals surface area (Å²) >= 11 is 0. The van der Waals surface area contributed by atoms with E-state index in [2.05, 4.69) is 41.5 Å². The summed E-state index contributed by atoms with van der Waals surface area (Å²) in [6.45, 7) is 5.73. The molecule has 1 aliphatic carbocycles. The Hall–Kier alpha value is -3.61. The van der Waals surface area contributed by atoms with Crippen LogP contribution < -0.4 is 10.6 Å². The SMILES string of the molecule is C=CCC(NC(=O)C[C@H](CCCC)NC(=O)OCC1c2ccccc2-c2ccccc21)C(=O)O. The number of rotatable bonds is 12. The number of alkyl carbamates (subject to hydrolysis) is 1. The Kier molecular flexibility index (Phi) is 8.85. The summed E-state index contributed by atoms with van der Waals surface area (Å²) < 4.78 is 5.60. The number of benzene rings is 2. The van der Waals surface area contributed by atoms with Crippen molar-refractivity contribution in [2.45, 2.75) is 57.0 Å². The monoisotopic (exact) mass is 464 g/mol. The average Bonchev–Trinajstić information content (AvgIpc) is 3.14. The van der Waals surface area contributed by atoms with Gasteiger partial charge < -0.3 is 20.5 Å². The second-order valence-electron chi connectivity index (χ2n) is 8.50. The number of carboxylic acids is 1. The Balaban J connectivity index is 1.60. The molecule has 7 nitrogen and oxygen atoms in total. The number of unbranched alkanes of at least 4 members (excludes halogenated alkanes) is 1. The minimum atomic E-state index is -1.12. The van der Waals surface area contributed by atoms with Crippen molar-refractivity contribution >= 4 is 18.0 Å². The first kappa shape index (κ1) is 25.0. The first-order chi connectivity index (χ1) is 16.4. The predicted molar refractivity (Wildman–Crippen MR) is 131 cm³/mol. The number of fused-ring (bicyclic) bond motifs is 3. The zero-order chi connectivity index (χ0) is 24.5. The number of carbonyl (C=O) groups is 3. The molecular weight excluding hydrogens is 432 g/mol. The van der Waals surface area contributed by atoms with Crippen molar-refractivity contribution in [1.29, 1.82) is 0 Å². The maximum Gasteiger partial charge on any atom is 0.407 e. The molecule has 0 bridgehead atoms. The van der Waals surface area contributed by atoms with Crippen LogP contribution in [0.5, 0.6) is 0 Å². The van der Waals surface area contributed by atoms with Gasteiger partial charge in [-0.25, -0.2) is 9.59 Å². The lowest BCUT2D eigenvalue weighted by molar-refractivity contribution is -0.141. The van der Waals surface area contributed by atoms with Crippen molar-refractivity contribution in [2.24, 2.45) is 0 Å². The third kappa shape index (κ3) is 6.25. The van der Waals surface area contributed by atoms with Crippen LogP contribution in [0, 0.1) is 0 Å². The standard InChI is InChI=1S/C27H32N2O5/c1-3-5-11-18(16-25(30)29-24(10-4-2)26(31)32)28-27(33)34-17-23-21-14-8-6-12-19(21)20-13-7-9-15-22(20)23/h4,6-9,12-15,18,23-24H,2-3,5,10-11,16-17H2,1H3,(H,28,33)(H,29,30)(H,31,32)/t18-,24?/m0/s1. The number of nitrogens with one attached hydrogen (secondary N) is 2. The van der Waals surface area contributed by atoms with E-state index in [1.54, 1.807) is 0 Å². The summed E-state index contributed by atoms with van der Waals surface area (Å²) in [5.41, 5.74) is 4.55. The predicted octanol–water partition coefficient (Wildman–Crippen LogP) is 4.62. The van der Waals surface area contributed by atoms with Crippen LogP contribution in [0.4, 0.5) is 4.79 Å². The number of aliphatic carboxylic acids is 1. The molecule has 2 aromatic carbocycles. The van der Waals surface area contributed by atoms with Gasteiger partial charge in [0, 0.05) is 18.4 Å². The summed E-state index contributed by atoms with van der Waals surface area (Å²) in [6, 6.07) is 14.7. The molecule has 0 radical (unpaired) electrons. The molecule has 3 rings (SSSR count). The van der Waals surface area contributed by atoms with Gasteiger partial charge >= 0.3 is 12.1 Å². The van der Waals surface area contributed by atoms with Gasteiger partial charge in [-0.15, -0.1) is 6.58 Å². The normalized spacial score (nSPS) is 13.8. The van der Waals surface area contributed by atoms with Gasteiger partial charge in [0.15, 0.2) is 0 Å². The highest BCUT2D eigenvalue weighted by Crippen LogP contribution is 2.44. The summed E-state index contributed by atoms with van der Waals surface area (Å²) in [6.07, 6.45) is 3.27. The van der Waals surface area contributed by atoms with Crippen LogP contribution in [0.3, 0.4) is 0 Å². The van der Waals surface area contributed by atoms with E-state index in [0.29, 0.717) is 6.42 Å². The number of amides is 2. The molecule has 1 unspecified atom stereocenters. The molecule has 0 aromatic heterocycles. The van der Waals surface area contributed by atoms with Gasteiger partial charge in [0.2, 0.25) is 5.91 Å². The van der Waals surface area contributed by atoms with Gasteiger partial charge in [0.1, 0.15) is 12.6 Å². The molecule has 0 saturated carbocycles. The number of carboxylic acid groups (broad SMARTS) is 1. The summed E-state index contributed by atoms with van der Waals surface area (Å²) in [4.78, 5) is 36.4. The molecule has 34 heavy (non-hydrogen) atoms. The highest BCUT2D eigenvalue weighted by atomic mass is 16.5. The minimum Gasteiger partial charge on any atom is -0.480 e. The van der Waals surface area contributed by atoms with Gasteiger partial charge in [-0.3, -0.25) is 4.79 Å². The van der Waals surface area contributed by atoms with E-state index in [9.17, 15) is 19.5 Å². The Labute approximate surface area is 200 Å². The molecule has 3 N–H and O–H groups in total. The molecule has 0 fully saturated rings. The fourth-order valence-electron chi connectivity index (χ4n) is 4.35. The lowest BCUT2D eigenvalue weighted by atomic mass is 9.98. The van der Waals surface area contributed by atoms with E-state index in [-0.39, 0.29) is 25.4 Å². The fourth-order valence-corrected chi connectivity index (χ4v) is 4.35. The molecule has 180 valence electrons. The summed E-state index contributed by atoms with van der Waals surface area (Å²) in [5, 5.41) is 14.5. The first-order valence-corrected chi connectivity index (χ1v) is 11.7. The Bertz CT molecular complexity index is 990. The van der Waals surface area contributed by atoms with Crippen LogP contribution >= 0.6 is 0 Å². The van der Waals surface area contributed by atoms with E-state index in [1.807, 2.05) is 31.2 Å². The average molecular weight is 465 g/mol. The van der Waals surface area contributed by atoms with Gasteiger partial charge in [-0.1, -0.05) is 74.4 Å². The Morgan fingerprint density at radius 3 is 2.24 bits per heavy atom. The van der Waals surface area contributed by atoms with Crippen LogP contribution in [0.25, 0.3) is 11.1 Å². The molecule has 0 spiro atoms. The number of carbonyl (C=O) groups excluding carboxylic acids is 2. The van der Waals surface area contributed by atoms with Crippen LogP contribution in [-0.2, 0) is 14.3 Å². The summed E-state index contributed by atoms with van der Waals surface area (Å²) in [7, 11) is 0. The molecule has 0 heterocycles. The highest BCUT2D eigenvalue weighted by molar-refractivity contribution is 5.84. The molecule has 2 atom stereocenters. The topological polar surface area (TPSA) is 105 Å². The first-order valence-electron chi connectivity index (χ1n) is 11.7. The molecule has 2 aromatic rings. The molecule has 2 amide bonds. The molecule has 0 aliphatic heterocycles. The zero-order valence-electron chi connectivity index (χ0n) is 19.5. The third-order valence-corrected chi connectivity index (χ3v) is 6.04. The number of hydrogen-bond acceptors (Lipinski definition) is 4. The van der Waals surface area contributed by atoms with Gasteiger partial charge in [0.25, 0.3) is 0 Å². The van der Waals surface area contributed by atoms with Gasteiger partial charge in [0.05, 0.1) is 0 Å². The van der Waals surface area contributed by atoms with E-state index < -0.39 is 30.1 Å². The lowest BCUT2D eigenvalue weighted by Gasteiger charge is -2.21. The minimum absolute atomic E-state index is 0.0227. The fraction of sp³-hybridized carbons (Fsp3) is 0.370. The largest absolute Gasteiger partial charge is 0.480 e. The zero-order valence-corrected chi connectivity index (χ0v) is 19.5. The third-order valence-electron chi connectivity index (χ3n) is 6.04. The second kappa shape index (κ2) is 12.0. The maximum absolute atomic E-state index is 12.6. The summed E-state index contributed by atoms with van der Waals surface area (Å²) in [5.74, 6) is -1.61. The van der Waals surface area contributed by atoms with Crippen LogP contribution in [0.1, 0.15) is 56.1 Å². The molecule has 7 heteroatoms. The smallest absolute Gasteiger partial charge is 0.407 e. The van der Waals surface area contributed by atoms with Crippen molar-refractivity contribution < 1.29 is 24.2 Å². The van der Waals surface area contributed by atoms with Crippen molar-refractivity contribution in [3.05, 3.63) is 72.3 Å². The number of hydrogen-bond donors (Lipinski definition) is 3. The van der Waals surface area contributed by atoms with Crippen molar-refractivity contribution in [3.8, 4) is 11.1 Å². The van der Waals surface area contributed by atoms with Crippen molar-refractivity contribution in [1.82, 2.24) is 10.6 Å². The highest BCUT2D eigenvalue weighted by Gasteiger charge is 2.29. The number of ether oxygens (including phenoxy) is 1. The van der Waals surface area contributed by atoms with Crippen molar-refractivity contribution in [3.63, 3.8) is 0 Å². The second-order valence-corrected chi connectivity index (χ2v) is 8.50. The quantitative estimate of drug-likeness (QED) is 0.398. The van der Waals surface area contributed by atoms with E-state index >= 15 is 0 Å².